The third-order valence-corrected chi connectivity index (χ3v) is 5.50. The van der Waals surface area contributed by atoms with Gasteiger partial charge in [0, 0.05) is 29.9 Å². The van der Waals surface area contributed by atoms with Crippen LogP contribution in [0, 0.1) is 5.92 Å². The summed E-state index contributed by atoms with van der Waals surface area (Å²) >= 11 is 0. The molecule has 2 atom stereocenters. The maximum atomic E-state index is 12.7. The lowest BCUT2D eigenvalue weighted by atomic mass is 9.85. The summed E-state index contributed by atoms with van der Waals surface area (Å²) in [5.74, 6) is 1.42. The van der Waals surface area contributed by atoms with Crippen LogP contribution in [0.25, 0.3) is 0 Å². The number of Topliss-reactive ketones (excluding diaryl/α,β-unsaturated/α-hetero) is 2. The topological polar surface area (TPSA) is 43.4 Å². The molecule has 0 aromatic heterocycles. The highest BCUT2D eigenvalue weighted by atomic mass is 16.5. The Balaban J connectivity index is 1.82. The van der Waals surface area contributed by atoms with Crippen LogP contribution in [0.15, 0.2) is 42.5 Å². The molecule has 0 amide bonds. The van der Waals surface area contributed by atoms with Gasteiger partial charge in [-0.05, 0) is 43.4 Å². The molecule has 2 aliphatic rings. The molecule has 26 heavy (non-hydrogen) atoms. The smallest absolute Gasteiger partial charge is 0.166 e. The second-order valence-electron chi connectivity index (χ2n) is 7.50. The van der Waals surface area contributed by atoms with Crippen molar-refractivity contribution < 1.29 is 14.3 Å². The van der Waals surface area contributed by atoms with Gasteiger partial charge in [0.05, 0.1) is 5.56 Å². The number of carbonyl (C=O) groups excluding carboxylic acids is 2. The van der Waals surface area contributed by atoms with Crippen molar-refractivity contribution in [3.05, 3.63) is 64.7 Å². The molecular formula is C23H24O3. The molecule has 0 spiro atoms. The summed E-state index contributed by atoms with van der Waals surface area (Å²) in [6.45, 7) is 3.88. The molecule has 4 rings (SSSR count). The predicted molar refractivity (Wildman–Crippen MR) is 101 cm³/mol. The highest BCUT2D eigenvalue weighted by Crippen LogP contribution is 2.45. The van der Waals surface area contributed by atoms with E-state index in [0.717, 1.165) is 24.0 Å². The van der Waals surface area contributed by atoms with E-state index in [4.69, 9.17) is 4.74 Å². The number of carbonyl (C=O) groups is 2. The third kappa shape index (κ3) is 3.07. The first-order chi connectivity index (χ1) is 12.6. The van der Waals surface area contributed by atoms with Gasteiger partial charge in [0.25, 0.3) is 0 Å². The molecule has 0 N–H and O–H groups in total. The number of rotatable bonds is 6. The van der Waals surface area contributed by atoms with E-state index in [1.807, 2.05) is 38.1 Å². The zero-order valence-electron chi connectivity index (χ0n) is 15.3. The summed E-state index contributed by atoms with van der Waals surface area (Å²) in [4.78, 5) is 25.3. The van der Waals surface area contributed by atoms with Gasteiger partial charge in [-0.15, -0.1) is 0 Å². The summed E-state index contributed by atoms with van der Waals surface area (Å²) in [5, 5.41) is 0. The lowest BCUT2D eigenvalue weighted by Gasteiger charge is -2.15. The van der Waals surface area contributed by atoms with Crippen LogP contribution < -0.4 is 4.74 Å². The summed E-state index contributed by atoms with van der Waals surface area (Å²) in [5.41, 5.74) is 3.35. The number of benzene rings is 2. The number of fused-ring (bicyclic) bond motifs is 1. The van der Waals surface area contributed by atoms with E-state index in [-0.39, 0.29) is 23.6 Å². The van der Waals surface area contributed by atoms with Crippen molar-refractivity contribution in [2.45, 2.75) is 51.6 Å². The first-order valence-electron chi connectivity index (χ1n) is 9.54. The highest BCUT2D eigenvalue weighted by Gasteiger charge is 2.36. The van der Waals surface area contributed by atoms with Crippen LogP contribution >= 0.6 is 0 Å². The van der Waals surface area contributed by atoms with E-state index in [1.54, 1.807) is 6.07 Å². The van der Waals surface area contributed by atoms with Crippen molar-refractivity contribution in [3.63, 3.8) is 0 Å². The molecule has 0 saturated heterocycles. The summed E-state index contributed by atoms with van der Waals surface area (Å²) in [6, 6.07) is 13.9. The van der Waals surface area contributed by atoms with E-state index >= 15 is 0 Å². The molecule has 1 aliphatic heterocycles. The minimum Gasteiger partial charge on any atom is -0.489 e. The van der Waals surface area contributed by atoms with Gasteiger partial charge in [0.2, 0.25) is 0 Å². The van der Waals surface area contributed by atoms with Gasteiger partial charge in [-0.3, -0.25) is 9.59 Å². The molecule has 1 heterocycles. The normalized spacial score (nSPS) is 21.2. The fraction of sp³-hybridized carbons (Fsp3) is 0.391. The maximum Gasteiger partial charge on any atom is 0.166 e. The molecular weight excluding hydrogens is 324 g/mol. The molecule has 1 saturated carbocycles. The number of hydrogen-bond acceptors (Lipinski definition) is 3. The zero-order valence-corrected chi connectivity index (χ0v) is 15.3. The average Bonchev–Trinajstić information content (AvgIpc) is 3.40. The van der Waals surface area contributed by atoms with Crippen molar-refractivity contribution in [1.82, 2.24) is 0 Å². The van der Waals surface area contributed by atoms with Crippen LogP contribution in [0.2, 0.25) is 0 Å². The van der Waals surface area contributed by atoms with Gasteiger partial charge in [0.15, 0.2) is 11.6 Å². The highest BCUT2D eigenvalue weighted by molar-refractivity contribution is 6.04. The lowest BCUT2D eigenvalue weighted by molar-refractivity contribution is 0.0976. The fourth-order valence-electron chi connectivity index (χ4n) is 3.89. The molecule has 2 aromatic carbocycles. The van der Waals surface area contributed by atoms with Crippen molar-refractivity contribution in [2.24, 2.45) is 5.92 Å². The second-order valence-corrected chi connectivity index (χ2v) is 7.50. The van der Waals surface area contributed by atoms with Gasteiger partial charge in [-0.2, -0.15) is 0 Å². The monoisotopic (exact) mass is 348 g/mol. The Morgan fingerprint density at radius 1 is 1.08 bits per heavy atom. The third-order valence-electron chi connectivity index (χ3n) is 5.50. The van der Waals surface area contributed by atoms with Gasteiger partial charge >= 0.3 is 0 Å². The molecule has 3 nitrogen and oxygen atoms in total. The average molecular weight is 348 g/mol. The standard InChI is InChI=1S/C23H24O3/c1-3-20(24)18-12-17(21(25)11-15-9-10-15)13-19-22(14(2)26-23(18)19)16-7-5-4-6-8-16/h4-8,12-15,22H,3,9-11H2,1-2H3/t14-,22-/m1/s1. The molecule has 0 unspecified atom stereocenters. The fourth-order valence-corrected chi connectivity index (χ4v) is 3.89. The van der Waals surface area contributed by atoms with Gasteiger partial charge in [0.1, 0.15) is 11.9 Å². The molecule has 1 fully saturated rings. The Hall–Kier alpha value is -2.42. The molecule has 1 aliphatic carbocycles. The minimum atomic E-state index is -0.0652. The molecule has 3 heteroatoms. The van der Waals surface area contributed by atoms with Crippen LogP contribution in [-0.4, -0.2) is 17.7 Å². The van der Waals surface area contributed by atoms with Crippen LogP contribution in [0.5, 0.6) is 5.75 Å². The number of ether oxygens (including phenoxy) is 1. The maximum absolute atomic E-state index is 12.7. The summed E-state index contributed by atoms with van der Waals surface area (Å²) in [6.07, 6.45) is 3.21. The van der Waals surface area contributed by atoms with Crippen LogP contribution in [-0.2, 0) is 0 Å². The van der Waals surface area contributed by atoms with Crippen LogP contribution in [0.1, 0.15) is 77.3 Å². The van der Waals surface area contributed by atoms with E-state index in [1.165, 1.54) is 0 Å². The van der Waals surface area contributed by atoms with E-state index < -0.39 is 0 Å². The Kier molecular flexibility index (Phi) is 4.39. The SMILES string of the molecule is CCC(=O)c1cc(C(=O)CC2CC2)cc2c1O[C@H](C)[C@@H]2c1ccccc1. The van der Waals surface area contributed by atoms with Crippen molar-refractivity contribution >= 4 is 11.6 Å². The Morgan fingerprint density at radius 3 is 2.46 bits per heavy atom. The molecule has 0 radical (unpaired) electrons. The van der Waals surface area contributed by atoms with E-state index in [9.17, 15) is 9.59 Å². The van der Waals surface area contributed by atoms with Crippen LogP contribution in [0.4, 0.5) is 0 Å². The summed E-state index contributed by atoms with van der Waals surface area (Å²) in [7, 11) is 0. The molecule has 0 bridgehead atoms. The van der Waals surface area contributed by atoms with Gasteiger partial charge in [-0.25, -0.2) is 0 Å². The minimum absolute atomic E-state index is 0.0308. The second kappa shape index (κ2) is 6.71. The molecule has 2 aromatic rings. The van der Waals surface area contributed by atoms with Crippen molar-refractivity contribution in [2.75, 3.05) is 0 Å². The van der Waals surface area contributed by atoms with E-state index in [2.05, 4.69) is 12.1 Å². The van der Waals surface area contributed by atoms with Gasteiger partial charge in [-0.1, -0.05) is 37.3 Å². The first kappa shape index (κ1) is 17.0. The molecule has 134 valence electrons. The van der Waals surface area contributed by atoms with Crippen molar-refractivity contribution in [1.29, 1.82) is 0 Å². The number of ketones is 2. The predicted octanol–water partition coefficient (Wildman–Crippen LogP) is 5.17. The quantitative estimate of drug-likeness (QED) is 0.676. The summed E-state index contributed by atoms with van der Waals surface area (Å²) < 4.78 is 6.12. The Morgan fingerprint density at radius 2 is 1.81 bits per heavy atom. The lowest BCUT2D eigenvalue weighted by Crippen LogP contribution is -2.15. The number of hydrogen-bond donors (Lipinski definition) is 0. The first-order valence-corrected chi connectivity index (χ1v) is 9.54. The zero-order chi connectivity index (χ0) is 18.3. The van der Waals surface area contributed by atoms with Gasteiger partial charge < -0.3 is 4.74 Å². The largest absolute Gasteiger partial charge is 0.489 e. The van der Waals surface area contributed by atoms with Crippen LogP contribution in [0.3, 0.4) is 0 Å². The Bertz CT molecular complexity index is 849. The Labute approximate surface area is 154 Å². The van der Waals surface area contributed by atoms with E-state index in [0.29, 0.717) is 35.6 Å². The van der Waals surface area contributed by atoms with Crippen molar-refractivity contribution in [3.8, 4) is 5.75 Å².